The number of carbonyl (C=O) groups excluding carboxylic acids is 2. The first kappa shape index (κ1) is 25.7. The topological polar surface area (TPSA) is 71.1 Å². The summed E-state index contributed by atoms with van der Waals surface area (Å²) in [5, 5.41) is 6.03. The standard InChI is InChI=1S/C26H12Cl2F5N3O2/c27-17-3-1-13(29)8-16(17)24-23-19(36-25(38)11-5-12(26(31,32)33)7-14(30)6-11)9-18-15(2-4-21(28)34-18)22(23)20(10-37)35-24/h1-9,24,35H,(H,36,38). The van der Waals surface area contributed by atoms with Crippen molar-refractivity contribution < 1.29 is 31.5 Å². The van der Waals surface area contributed by atoms with Crippen molar-refractivity contribution in [1.82, 2.24) is 10.3 Å². The summed E-state index contributed by atoms with van der Waals surface area (Å²) in [4.78, 5) is 29.2. The van der Waals surface area contributed by atoms with E-state index in [4.69, 9.17) is 23.2 Å². The summed E-state index contributed by atoms with van der Waals surface area (Å²) in [6.45, 7) is 0. The molecule has 0 bridgehead atoms. The monoisotopic (exact) mass is 563 g/mol. The molecule has 192 valence electrons. The fourth-order valence-corrected chi connectivity index (χ4v) is 4.74. The lowest BCUT2D eigenvalue weighted by molar-refractivity contribution is -0.137. The molecular formula is C26H12Cl2F5N3O2. The molecule has 5 nitrogen and oxygen atoms in total. The Labute approximate surface area is 220 Å². The van der Waals surface area contributed by atoms with Gasteiger partial charge in [0.25, 0.3) is 5.91 Å². The number of hydrogen-bond acceptors (Lipinski definition) is 4. The second-order valence-corrected chi connectivity index (χ2v) is 9.11. The number of halogens is 7. The molecule has 0 spiro atoms. The Bertz CT molecular complexity index is 1700. The van der Waals surface area contributed by atoms with Gasteiger partial charge in [0.1, 0.15) is 22.5 Å². The van der Waals surface area contributed by atoms with Crippen LogP contribution in [0, 0.1) is 11.6 Å². The molecule has 1 atom stereocenters. The van der Waals surface area contributed by atoms with Crippen LogP contribution in [0.15, 0.2) is 54.6 Å². The Kier molecular flexibility index (Phi) is 6.35. The van der Waals surface area contributed by atoms with Crippen LogP contribution >= 0.6 is 23.2 Å². The zero-order valence-electron chi connectivity index (χ0n) is 18.7. The summed E-state index contributed by atoms with van der Waals surface area (Å²) < 4.78 is 67.8. The molecule has 12 heteroatoms. The number of rotatable bonds is 3. The molecule has 1 amide bonds. The predicted octanol–water partition coefficient (Wildman–Crippen LogP) is 6.96. The minimum Gasteiger partial charge on any atom is -0.364 e. The maximum Gasteiger partial charge on any atom is 0.416 e. The molecule has 3 aromatic carbocycles. The van der Waals surface area contributed by atoms with Crippen molar-refractivity contribution in [2.45, 2.75) is 12.2 Å². The molecule has 38 heavy (non-hydrogen) atoms. The number of nitrogens with one attached hydrogen (secondary N) is 2. The van der Waals surface area contributed by atoms with E-state index in [2.05, 4.69) is 15.6 Å². The molecule has 1 aromatic heterocycles. The Morgan fingerprint density at radius 2 is 1.76 bits per heavy atom. The van der Waals surface area contributed by atoms with Crippen molar-refractivity contribution in [3.63, 3.8) is 0 Å². The molecule has 4 aromatic rings. The van der Waals surface area contributed by atoms with E-state index in [1.807, 2.05) is 0 Å². The van der Waals surface area contributed by atoms with E-state index in [0.29, 0.717) is 17.5 Å². The van der Waals surface area contributed by atoms with Crippen molar-refractivity contribution in [2.24, 2.45) is 0 Å². The van der Waals surface area contributed by atoms with Gasteiger partial charge in [-0.2, -0.15) is 13.2 Å². The van der Waals surface area contributed by atoms with Gasteiger partial charge in [0.15, 0.2) is 5.94 Å². The van der Waals surface area contributed by atoms with Gasteiger partial charge in [0.05, 0.1) is 17.1 Å². The normalized spacial score (nSPS) is 14.7. The van der Waals surface area contributed by atoms with Crippen molar-refractivity contribution >= 4 is 57.3 Å². The molecule has 5 rings (SSSR count). The van der Waals surface area contributed by atoms with Crippen LogP contribution in [0.1, 0.15) is 38.7 Å². The highest BCUT2D eigenvalue weighted by Gasteiger charge is 2.36. The van der Waals surface area contributed by atoms with Gasteiger partial charge in [0.2, 0.25) is 0 Å². The molecular weight excluding hydrogens is 552 g/mol. The van der Waals surface area contributed by atoms with Crippen molar-refractivity contribution in [3.8, 4) is 0 Å². The molecule has 0 fully saturated rings. The number of pyridine rings is 1. The van der Waals surface area contributed by atoms with Gasteiger partial charge in [-0.1, -0.05) is 23.2 Å². The first-order valence-corrected chi connectivity index (χ1v) is 11.5. The van der Waals surface area contributed by atoms with Gasteiger partial charge < -0.3 is 10.6 Å². The molecule has 1 aliphatic heterocycles. The molecule has 1 aliphatic rings. The second-order valence-electron chi connectivity index (χ2n) is 8.31. The highest BCUT2D eigenvalue weighted by Crippen LogP contribution is 2.46. The quantitative estimate of drug-likeness (QED) is 0.161. The smallest absolute Gasteiger partial charge is 0.364 e. The van der Waals surface area contributed by atoms with Gasteiger partial charge in [-0.15, -0.1) is 0 Å². The molecule has 0 radical (unpaired) electrons. The zero-order valence-corrected chi connectivity index (χ0v) is 20.2. The number of amides is 1. The fraction of sp³-hybridized carbons (Fsp3) is 0.0769. The van der Waals surface area contributed by atoms with Crippen LogP contribution in [0.4, 0.5) is 27.6 Å². The molecule has 0 saturated heterocycles. The van der Waals surface area contributed by atoms with Gasteiger partial charge in [-0.3, -0.25) is 4.79 Å². The summed E-state index contributed by atoms with van der Waals surface area (Å²) >= 11 is 12.4. The van der Waals surface area contributed by atoms with Gasteiger partial charge in [-0.05, 0) is 54.6 Å². The van der Waals surface area contributed by atoms with Gasteiger partial charge in [0, 0.05) is 38.4 Å². The summed E-state index contributed by atoms with van der Waals surface area (Å²) in [5.74, 6) is -1.20. The predicted molar refractivity (Wildman–Crippen MR) is 132 cm³/mol. The number of anilines is 1. The lowest BCUT2D eigenvalue weighted by atomic mass is 9.93. The number of alkyl halides is 3. The van der Waals surface area contributed by atoms with Crippen molar-refractivity contribution in [1.29, 1.82) is 0 Å². The van der Waals surface area contributed by atoms with E-state index in [9.17, 15) is 31.5 Å². The van der Waals surface area contributed by atoms with Crippen LogP contribution in [0.3, 0.4) is 0 Å². The Morgan fingerprint density at radius 1 is 1.00 bits per heavy atom. The largest absolute Gasteiger partial charge is 0.416 e. The average Bonchev–Trinajstić information content (AvgIpc) is 3.24. The third kappa shape index (κ3) is 4.58. The van der Waals surface area contributed by atoms with Crippen molar-refractivity contribution in [2.75, 3.05) is 5.32 Å². The summed E-state index contributed by atoms with van der Waals surface area (Å²) in [7, 11) is 0. The van der Waals surface area contributed by atoms with Crippen LogP contribution in [0.2, 0.25) is 10.2 Å². The third-order valence-electron chi connectivity index (χ3n) is 5.93. The van der Waals surface area contributed by atoms with Crippen LogP contribution < -0.4 is 10.6 Å². The third-order valence-corrected chi connectivity index (χ3v) is 6.49. The number of benzene rings is 3. The Hall–Kier alpha value is -3.98. The highest BCUT2D eigenvalue weighted by molar-refractivity contribution is 6.31. The molecule has 0 saturated carbocycles. The Balaban J connectivity index is 1.72. The first-order valence-electron chi connectivity index (χ1n) is 10.8. The summed E-state index contributed by atoms with van der Waals surface area (Å²) in [6.07, 6.45) is -4.89. The molecule has 1 unspecified atom stereocenters. The Morgan fingerprint density at radius 3 is 2.47 bits per heavy atom. The minimum atomic E-state index is -4.89. The number of carbonyl (C=O) groups is 1. The van der Waals surface area contributed by atoms with Gasteiger partial charge >= 0.3 is 6.18 Å². The van der Waals surface area contributed by atoms with E-state index >= 15 is 0 Å². The maximum absolute atomic E-state index is 14.2. The average molecular weight is 564 g/mol. The number of aromatic nitrogens is 1. The zero-order chi connectivity index (χ0) is 27.4. The van der Waals surface area contributed by atoms with Crippen LogP contribution in [-0.2, 0) is 11.0 Å². The van der Waals surface area contributed by atoms with E-state index in [-0.39, 0.29) is 49.8 Å². The SMILES string of the molecule is O=C=C1NC(c2cc(F)ccc2Cl)c2c(NC(=O)c3cc(F)cc(C(F)(F)F)c3)cc3nc(Cl)ccc3c21. The van der Waals surface area contributed by atoms with Crippen LogP contribution in [0.5, 0.6) is 0 Å². The number of nitrogens with zero attached hydrogens (tertiary/aromatic N) is 1. The van der Waals surface area contributed by atoms with E-state index in [1.165, 1.54) is 18.2 Å². The van der Waals surface area contributed by atoms with E-state index in [1.54, 1.807) is 12.0 Å². The lowest BCUT2D eigenvalue weighted by Gasteiger charge is -2.19. The van der Waals surface area contributed by atoms with E-state index < -0.39 is 40.9 Å². The summed E-state index contributed by atoms with van der Waals surface area (Å²) in [5.41, 5.74) is -1.10. The minimum absolute atomic E-state index is 0.00633. The van der Waals surface area contributed by atoms with Crippen molar-refractivity contribution in [3.05, 3.63) is 104 Å². The fourth-order valence-electron chi connectivity index (χ4n) is 4.36. The number of fused-ring (bicyclic) bond motifs is 3. The maximum atomic E-state index is 14.2. The summed E-state index contributed by atoms with van der Waals surface area (Å²) in [6, 6.07) is 8.46. The highest BCUT2D eigenvalue weighted by atomic mass is 35.5. The molecule has 2 heterocycles. The van der Waals surface area contributed by atoms with E-state index in [0.717, 1.165) is 12.1 Å². The van der Waals surface area contributed by atoms with Crippen LogP contribution in [-0.4, -0.2) is 16.8 Å². The second kappa shape index (κ2) is 9.40. The van der Waals surface area contributed by atoms with Crippen LogP contribution in [0.25, 0.3) is 16.6 Å². The van der Waals surface area contributed by atoms with Gasteiger partial charge in [-0.25, -0.2) is 18.6 Å². The number of hydrogen-bond donors (Lipinski definition) is 2. The lowest BCUT2D eigenvalue weighted by Crippen LogP contribution is -2.18. The molecule has 0 aliphatic carbocycles. The molecule has 2 N–H and O–H groups in total. The first-order chi connectivity index (χ1) is 18.0.